The molecule has 0 radical (unpaired) electrons. The van der Waals surface area contributed by atoms with Gasteiger partial charge in [-0.15, -0.1) is 0 Å². The van der Waals surface area contributed by atoms with Crippen LogP contribution >= 0.6 is 0 Å². The molecule has 2 aliphatic heterocycles. The zero-order chi connectivity index (χ0) is 18.9. The van der Waals surface area contributed by atoms with E-state index in [0.717, 1.165) is 0 Å². The summed E-state index contributed by atoms with van der Waals surface area (Å²) < 4.78 is 34.0. The molecule has 1 aromatic carbocycles. The summed E-state index contributed by atoms with van der Waals surface area (Å²) in [5.74, 6) is 1.82. The predicted molar refractivity (Wildman–Crippen MR) is 100 cm³/mol. The number of anilines is 2. The Kier molecular flexibility index (Phi) is 4.61. The standard InChI is InChI=1S/C18H19N3O5S/c22-18(21-13-2-3-15-16(9-13)26-7-6-25-15)12-1-4-17(19-10-12)20-14-5-8-27(23,24)11-14/h1-4,9-10,14H,5-8,11H2,(H,19,20)(H,21,22). The lowest BCUT2D eigenvalue weighted by Crippen LogP contribution is -2.21. The molecular weight excluding hydrogens is 370 g/mol. The van der Waals surface area contributed by atoms with Crippen molar-refractivity contribution in [3.05, 3.63) is 42.1 Å². The summed E-state index contributed by atoms with van der Waals surface area (Å²) >= 11 is 0. The summed E-state index contributed by atoms with van der Waals surface area (Å²) in [6.45, 7) is 0.989. The second-order valence-electron chi connectivity index (χ2n) is 6.49. The number of amides is 1. The van der Waals surface area contributed by atoms with E-state index < -0.39 is 9.84 Å². The number of hydrogen-bond acceptors (Lipinski definition) is 7. The van der Waals surface area contributed by atoms with Gasteiger partial charge in [0.25, 0.3) is 5.91 Å². The van der Waals surface area contributed by atoms with Crippen molar-refractivity contribution in [2.45, 2.75) is 12.5 Å². The molecule has 1 saturated heterocycles. The van der Waals surface area contributed by atoms with Gasteiger partial charge in [-0.05, 0) is 30.7 Å². The number of hydrogen-bond donors (Lipinski definition) is 2. The molecule has 4 rings (SSSR count). The minimum atomic E-state index is -2.95. The van der Waals surface area contributed by atoms with E-state index in [9.17, 15) is 13.2 Å². The topological polar surface area (TPSA) is 107 Å². The van der Waals surface area contributed by atoms with E-state index in [1.165, 1.54) is 6.20 Å². The van der Waals surface area contributed by atoms with Crippen molar-refractivity contribution in [3.63, 3.8) is 0 Å². The predicted octanol–water partition coefficient (Wildman–Crippen LogP) is 1.70. The first-order chi connectivity index (χ1) is 13.0. The van der Waals surface area contributed by atoms with Gasteiger partial charge in [-0.2, -0.15) is 0 Å². The van der Waals surface area contributed by atoms with Crippen molar-refractivity contribution < 1.29 is 22.7 Å². The summed E-state index contributed by atoms with van der Waals surface area (Å²) in [5, 5.41) is 5.89. The third kappa shape index (κ3) is 4.13. The molecule has 1 unspecified atom stereocenters. The molecule has 0 saturated carbocycles. The zero-order valence-corrected chi connectivity index (χ0v) is 15.3. The summed E-state index contributed by atoms with van der Waals surface area (Å²) in [7, 11) is -2.95. The number of fused-ring (bicyclic) bond motifs is 1. The number of sulfone groups is 1. The lowest BCUT2D eigenvalue weighted by atomic mass is 10.2. The van der Waals surface area contributed by atoms with Gasteiger partial charge in [-0.3, -0.25) is 4.79 Å². The fraction of sp³-hybridized carbons (Fsp3) is 0.333. The molecule has 142 valence electrons. The van der Waals surface area contributed by atoms with E-state index in [1.807, 2.05) is 0 Å². The fourth-order valence-electron chi connectivity index (χ4n) is 3.06. The average Bonchev–Trinajstić information content (AvgIpc) is 3.00. The van der Waals surface area contributed by atoms with E-state index in [2.05, 4.69) is 15.6 Å². The summed E-state index contributed by atoms with van der Waals surface area (Å²) in [6.07, 6.45) is 2.02. The van der Waals surface area contributed by atoms with Gasteiger partial charge < -0.3 is 20.1 Å². The van der Waals surface area contributed by atoms with E-state index in [4.69, 9.17) is 9.47 Å². The second-order valence-corrected chi connectivity index (χ2v) is 8.72. The number of carbonyl (C=O) groups is 1. The molecule has 2 aromatic rings. The maximum Gasteiger partial charge on any atom is 0.257 e. The van der Waals surface area contributed by atoms with Crippen LogP contribution in [0.15, 0.2) is 36.5 Å². The van der Waals surface area contributed by atoms with E-state index >= 15 is 0 Å². The lowest BCUT2D eigenvalue weighted by Gasteiger charge is -2.19. The lowest BCUT2D eigenvalue weighted by molar-refractivity contribution is 0.102. The van der Waals surface area contributed by atoms with E-state index in [1.54, 1.807) is 30.3 Å². The van der Waals surface area contributed by atoms with Crippen molar-refractivity contribution in [3.8, 4) is 11.5 Å². The minimum Gasteiger partial charge on any atom is -0.486 e. The monoisotopic (exact) mass is 389 g/mol. The number of pyridine rings is 1. The molecule has 1 atom stereocenters. The Morgan fingerprint density at radius 1 is 1.11 bits per heavy atom. The number of aromatic nitrogens is 1. The normalized spacial score (nSPS) is 20.1. The second kappa shape index (κ2) is 7.07. The molecule has 2 N–H and O–H groups in total. The third-order valence-electron chi connectivity index (χ3n) is 4.41. The quantitative estimate of drug-likeness (QED) is 0.820. The van der Waals surface area contributed by atoms with Crippen LogP contribution in [0.2, 0.25) is 0 Å². The van der Waals surface area contributed by atoms with Gasteiger partial charge in [0, 0.05) is 24.0 Å². The minimum absolute atomic E-state index is 0.112. The molecule has 9 heteroatoms. The molecule has 2 aliphatic rings. The summed E-state index contributed by atoms with van der Waals surface area (Å²) in [5.41, 5.74) is 0.997. The van der Waals surface area contributed by atoms with Crippen molar-refractivity contribution in [2.75, 3.05) is 35.4 Å². The van der Waals surface area contributed by atoms with Crippen LogP contribution in [-0.2, 0) is 9.84 Å². The van der Waals surface area contributed by atoms with Gasteiger partial charge in [0.05, 0.1) is 17.1 Å². The van der Waals surface area contributed by atoms with Gasteiger partial charge in [-0.1, -0.05) is 0 Å². The highest BCUT2D eigenvalue weighted by atomic mass is 32.2. The van der Waals surface area contributed by atoms with Crippen LogP contribution < -0.4 is 20.1 Å². The SMILES string of the molecule is O=C(Nc1ccc2c(c1)OCCO2)c1ccc(NC2CCS(=O)(=O)C2)nc1. The maximum absolute atomic E-state index is 12.4. The number of nitrogens with one attached hydrogen (secondary N) is 2. The van der Waals surface area contributed by atoms with E-state index in [-0.39, 0.29) is 23.5 Å². The maximum atomic E-state index is 12.4. The Bertz CT molecular complexity index is 959. The van der Waals surface area contributed by atoms with E-state index in [0.29, 0.717) is 48.2 Å². The van der Waals surface area contributed by atoms with Crippen molar-refractivity contribution in [1.29, 1.82) is 0 Å². The summed E-state index contributed by atoms with van der Waals surface area (Å²) in [6, 6.07) is 8.40. The Labute approximate surface area is 156 Å². The highest BCUT2D eigenvalue weighted by Gasteiger charge is 2.27. The highest BCUT2D eigenvalue weighted by molar-refractivity contribution is 7.91. The van der Waals surface area contributed by atoms with Crippen LogP contribution in [0, 0.1) is 0 Å². The average molecular weight is 389 g/mol. The molecule has 3 heterocycles. The molecule has 1 fully saturated rings. The Morgan fingerprint density at radius 3 is 2.63 bits per heavy atom. The first-order valence-corrected chi connectivity index (χ1v) is 10.4. The smallest absolute Gasteiger partial charge is 0.257 e. The number of benzene rings is 1. The van der Waals surface area contributed by atoms with Gasteiger partial charge in [-0.25, -0.2) is 13.4 Å². The van der Waals surface area contributed by atoms with Gasteiger partial charge in [0.2, 0.25) is 0 Å². The van der Waals surface area contributed by atoms with Crippen molar-refractivity contribution in [2.24, 2.45) is 0 Å². The number of rotatable bonds is 4. The Morgan fingerprint density at radius 2 is 1.93 bits per heavy atom. The molecule has 0 aliphatic carbocycles. The fourth-order valence-corrected chi connectivity index (χ4v) is 4.73. The first-order valence-electron chi connectivity index (χ1n) is 8.62. The molecule has 8 nitrogen and oxygen atoms in total. The van der Waals surface area contributed by atoms with Crippen LogP contribution in [0.1, 0.15) is 16.8 Å². The number of nitrogens with zero attached hydrogens (tertiary/aromatic N) is 1. The molecular formula is C18H19N3O5S. The highest BCUT2D eigenvalue weighted by Crippen LogP contribution is 2.32. The molecule has 0 spiro atoms. The van der Waals surface area contributed by atoms with Crippen LogP contribution in [0.5, 0.6) is 11.5 Å². The van der Waals surface area contributed by atoms with Crippen LogP contribution in [0.4, 0.5) is 11.5 Å². The van der Waals surface area contributed by atoms with Crippen LogP contribution in [0.3, 0.4) is 0 Å². The molecule has 1 amide bonds. The largest absolute Gasteiger partial charge is 0.486 e. The third-order valence-corrected chi connectivity index (χ3v) is 6.18. The summed E-state index contributed by atoms with van der Waals surface area (Å²) in [4.78, 5) is 16.6. The van der Waals surface area contributed by atoms with Gasteiger partial charge >= 0.3 is 0 Å². The zero-order valence-electron chi connectivity index (χ0n) is 14.5. The van der Waals surface area contributed by atoms with Gasteiger partial charge in [0.15, 0.2) is 21.3 Å². The Hall–Kier alpha value is -2.81. The number of carbonyl (C=O) groups excluding carboxylic acids is 1. The molecule has 1 aromatic heterocycles. The Balaban J connectivity index is 1.39. The van der Waals surface area contributed by atoms with Crippen LogP contribution in [-0.4, -0.2) is 50.1 Å². The van der Waals surface area contributed by atoms with Crippen LogP contribution in [0.25, 0.3) is 0 Å². The molecule has 27 heavy (non-hydrogen) atoms. The number of ether oxygens (including phenoxy) is 2. The van der Waals surface area contributed by atoms with Crippen molar-refractivity contribution in [1.82, 2.24) is 4.98 Å². The first kappa shape index (κ1) is 17.6. The molecule has 0 bridgehead atoms. The van der Waals surface area contributed by atoms with Gasteiger partial charge in [0.1, 0.15) is 19.0 Å². The van der Waals surface area contributed by atoms with Crippen molar-refractivity contribution >= 4 is 27.2 Å².